The van der Waals surface area contributed by atoms with Gasteiger partial charge in [0.2, 0.25) is 0 Å². The predicted molar refractivity (Wildman–Crippen MR) is 72.2 cm³/mol. The Balaban J connectivity index is 2.25. The van der Waals surface area contributed by atoms with Crippen LogP contribution in [-0.4, -0.2) is 7.11 Å². The fourth-order valence-corrected chi connectivity index (χ4v) is 2.70. The number of rotatable bonds is 4. The minimum atomic E-state index is -0.118. The van der Waals surface area contributed by atoms with E-state index in [-0.39, 0.29) is 12.1 Å². The van der Waals surface area contributed by atoms with Gasteiger partial charge in [-0.15, -0.1) is 11.3 Å². The van der Waals surface area contributed by atoms with E-state index in [0.717, 1.165) is 11.1 Å². The summed E-state index contributed by atoms with van der Waals surface area (Å²) in [4.78, 5) is 1.28. The molecule has 0 aliphatic rings. The molecule has 0 aliphatic carbocycles. The second-order valence-electron chi connectivity index (χ2n) is 4.08. The Hall–Kier alpha value is -1.16. The van der Waals surface area contributed by atoms with Crippen molar-refractivity contribution in [2.24, 2.45) is 5.73 Å². The van der Waals surface area contributed by atoms with Gasteiger partial charge in [0, 0.05) is 12.0 Å². The second kappa shape index (κ2) is 5.45. The van der Waals surface area contributed by atoms with Crippen molar-refractivity contribution in [2.75, 3.05) is 7.11 Å². The molecule has 2 atom stereocenters. The maximum atomic E-state index is 6.28. The Morgan fingerprint density at radius 1 is 1.18 bits per heavy atom. The molecule has 1 aromatic carbocycles. The average molecular weight is 247 g/mol. The first-order valence-corrected chi connectivity index (χ1v) is 6.48. The molecule has 2 unspecified atom stereocenters. The highest BCUT2D eigenvalue weighted by molar-refractivity contribution is 7.10. The summed E-state index contributed by atoms with van der Waals surface area (Å²) in [5.74, 6) is 0. The Morgan fingerprint density at radius 2 is 1.88 bits per heavy atom. The van der Waals surface area contributed by atoms with Gasteiger partial charge < -0.3 is 10.5 Å². The van der Waals surface area contributed by atoms with Crippen molar-refractivity contribution < 1.29 is 4.74 Å². The van der Waals surface area contributed by atoms with Crippen molar-refractivity contribution >= 4 is 11.3 Å². The van der Waals surface area contributed by atoms with E-state index in [0.29, 0.717) is 0 Å². The van der Waals surface area contributed by atoms with Gasteiger partial charge >= 0.3 is 0 Å². The number of hydrogen-bond acceptors (Lipinski definition) is 3. The van der Waals surface area contributed by atoms with E-state index in [4.69, 9.17) is 10.5 Å². The number of benzene rings is 1. The lowest BCUT2D eigenvalue weighted by atomic mass is 9.98. The molecule has 0 fully saturated rings. The molecule has 0 saturated heterocycles. The Kier molecular flexibility index (Phi) is 3.94. The van der Waals surface area contributed by atoms with Gasteiger partial charge in [0.05, 0.1) is 6.04 Å². The third-order valence-electron chi connectivity index (χ3n) is 2.84. The summed E-state index contributed by atoms with van der Waals surface area (Å²) >= 11 is 1.72. The first kappa shape index (κ1) is 12.3. The van der Waals surface area contributed by atoms with Crippen molar-refractivity contribution in [1.82, 2.24) is 0 Å². The highest BCUT2D eigenvalue weighted by Crippen LogP contribution is 2.31. The number of methoxy groups -OCH3 is 1. The number of ether oxygens (including phenoxy) is 1. The normalized spacial score (nSPS) is 14.5. The molecule has 1 heterocycles. The van der Waals surface area contributed by atoms with Gasteiger partial charge in [-0.2, -0.15) is 0 Å². The minimum absolute atomic E-state index is 0.0924. The zero-order chi connectivity index (χ0) is 12.3. The summed E-state index contributed by atoms with van der Waals surface area (Å²) in [5.41, 5.74) is 8.54. The summed E-state index contributed by atoms with van der Waals surface area (Å²) in [6.45, 7) is 2.09. The van der Waals surface area contributed by atoms with Gasteiger partial charge in [-0.3, -0.25) is 0 Å². The van der Waals surface area contributed by atoms with Crippen molar-refractivity contribution in [2.45, 2.75) is 19.1 Å². The van der Waals surface area contributed by atoms with E-state index in [1.54, 1.807) is 18.4 Å². The monoisotopic (exact) mass is 247 g/mol. The van der Waals surface area contributed by atoms with Gasteiger partial charge in [-0.05, 0) is 29.5 Å². The molecule has 0 aliphatic heterocycles. The summed E-state index contributed by atoms with van der Waals surface area (Å²) in [5, 5.41) is 2.11. The molecule has 3 heteroatoms. The van der Waals surface area contributed by atoms with E-state index in [2.05, 4.69) is 18.4 Å². The first-order valence-electron chi connectivity index (χ1n) is 5.60. The number of hydrogen-bond donors (Lipinski definition) is 1. The molecule has 17 heavy (non-hydrogen) atoms. The van der Waals surface area contributed by atoms with Crippen molar-refractivity contribution in [3.05, 3.63) is 57.8 Å². The lowest BCUT2D eigenvalue weighted by Gasteiger charge is -2.22. The van der Waals surface area contributed by atoms with Gasteiger partial charge in [-0.25, -0.2) is 0 Å². The van der Waals surface area contributed by atoms with E-state index >= 15 is 0 Å². The topological polar surface area (TPSA) is 35.2 Å². The number of nitrogens with two attached hydrogens (primary N) is 1. The zero-order valence-corrected chi connectivity index (χ0v) is 10.9. The molecular formula is C14H17NOS. The van der Waals surface area contributed by atoms with Gasteiger partial charge in [0.15, 0.2) is 0 Å². The standard InChI is InChI=1S/C14H17NOS/c1-10-8-12(9-17-10)13(15)14(16-2)11-6-4-3-5-7-11/h3-9,13-14H,15H2,1-2H3. The number of aryl methyl sites for hydroxylation is 1. The zero-order valence-electron chi connectivity index (χ0n) is 10.1. The minimum Gasteiger partial charge on any atom is -0.375 e. The third-order valence-corrected chi connectivity index (χ3v) is 3.72. The maximum Gasteiger partial charge on any atom is 0.101 e. The van der Waals surface area contributed by atoms with Crippen molar-refractivity contribution in [3.8, 4) is 0 Å². The van der Waals surface area contributed by atoms with Gasteiger partial charge in [-0.1, -0.05) is 30.3 Å². The molecule has 2 N–H and O–H groups in total. The summed E-state index contributed by atoms with van der Waals surface area (Å²) in [7, 11) is 1.71. The quantitative estimate of drug-likeness (QED) is 0.898. The Bertz CT molecular complexity index is 466. The summed E-state index contributed by atoms with van der Waals surface area (Å²) in [6.07, 6.45) is -0.0924. The van der Waals surface area contributed by atoms with E-state index in [1.165, 1.54) is 4.88 Å². The van der Waals surface area contributed by atoms with Crippen LogP contribution in [0.15, 0.2) is 41.8 Å². The molecule has 2 aromatic rings. The molecule has 0 amide bonds. The molecule has 0 spiro atoms. The lowest BCUT2D eigenvalue weighted by Crippen LogP contribution is -2.20. The van der Waals surface area contributed by atoms with Crippen LogP contribution >= 0.6 is 11.3 Å². The fourth-order valence-electron chi connectivity index (χ4n) is 1.95. The summed E-state index contributed by atoms with van der Waals surface area (Å²) in [6, 6.07) is 12.1. The SMILES string of the molecule is COC(c1ccccc1)C(N)c1csc(C)c1. The lowest BCUT2D eigenvalue weighted by molar-refractivity contribution is 0.0803. The van der Waals surface area contributed by atoms with E-state index < -0.39 is 0 Å². The fraction of sp³-hybridized carbons (Fsp3) is 0.286. The smallest absolute Gasteiger partial charge is 0.101 e. The molecule has 2 rings (SSSR count). The van der Waals surface area contributed by atoms with E-state index in [1.807, 2.05) is 30.3 Å². The molecule has 90 valence electrons. The van der Waals surface area contributed by atoms with Crippen LogP contribution < -0.4 is 5.73 Å². The molecule has 0 saturated carbocycles. The third kappa shape index (κ3) is 2.75. The van der Waals surface area contributed by atoms with Crippen LogP contribution in [0.2, 0.25) is 0 Å². The van der Waals surface area contributed by atoms with Crippen LogP contribution in [-0.2, 0) is 4.74 Å². The van der Waals surface area contributed by atoms with Crippen LogP contribution in [0.5, 0.6) is 0 Å². The van der Waals surface area contributed by atoms with Crippen LogP contribution in [0.4, 0.5) is 0 Å². The average Bonchev–Trinajstić information content (AvgIpc) is 2.78. The Labute approximate surface area is 106 Å². The number of thiophene rings is 1. The van der Waals surface area contributed by atoms with Crippen LogP contribution in [0, 0.1) is 6.92 Å². The first-order chi connectivity index (χ1) is 8.22. The van der Waals surface area contributed by atoms with Gasteiger partial charge in [0.1, 0.15) is 6.10 Å². The molecule has 2 nitrogen and oxygen atoms in total. The molecule has 1 aromatic heterocycles. The highest BCUT2D eigenvalue weighted by Gasteiger charge is 2.21. The van der Waals surface area contributed by atoms with Crippen molar-refractivity contribution in [1.29, 1.82) is 0 Å². The van der Waals surface area contributed by atoms with E-state index in [9.17, 15) is 0 Å². The van der Waals surface area contributed by atoms with Crippen molar-refractivity contribution in [3.63, 3.8) is 0 Å². The largest absolute Gasteiger partial charge is 0.375 e. The second-order valence-corrected chi connectivity index (χ2v) is 5.20. The van der Waals surface area contributed by atoms with Crippen LogP contribution in [0.1, 0.15) is 28.1 Å². The maximum absolute atomic E-state index is 6.28. The van der Waals surface area contributed by atoms with Crippen LogP contribution in [0.3, 0.4) is 0 Å². The molecule has 0 radical (unpaired) electrons. The summed E-state index contributed by atoms with van der Waals surface area (Å²) < 4.78 is 5.54. The molecular weight excluding hydrogens is 230 g/mol. The molecule has 0 bridgehead atoms. The highest BCUT2D eigenvalue weighted by atomic mass is 32.1. The van der Waals surface area contributed by atoms with Gasteiger partial charge in [0.25, 0.3) is 0 Å². The predicted octanol–water partition coefficient (Wildman–Crippen LogP) is 3.44. The Morgan fingerprint density at radius 3 is 2.41 bits per heavy atom. The van der Waals surface area contributed by atoms with Crippen LogP contribution in [0.25, 0.3) is 0 Å².